The predicted molar refractivity (Wildman–Crippen MR) is 75.1 cm³/mol. The van der Waals surface area contributed by atoms with Crippen molar-refractivity contribution in [2.45, 2.75) is 40.7 Å². The van der Waals surface area contributed by atoms with Crippen LogP contribution in [0.1, 0.15) is 39.9 Å². The summed E-state index contributed by atoms with van der Waals surface area (Å²) in [6.45, 7) is 10.1. The van der Waals surface area contributed by atoms with E-state index in [9.17, 15) is 0 Å². The molecule has 96 valence electrons. The van der Waals surface area contributed by atoms with Crippen molar-refractivity contribution in [3.63, 3.8) is 0 Å². The number of nitrogens with one attached hydrogen (secondary N) is 1. The molecule has 0 fully saturated rings. The molecule has 2 aromatic rings. The van der Waals surface area contributed by atoms with Crippen molar-refractivity contribution in [1.29, 1.82) is 0 Å². The second-order valence-corrected chi connectivity index (χ2v) is 5.73. The van der Waals surface area contributed by atoms with Gasteiger partial charge < -0.3 is 5.32 Å². The molecule has 0 spiro atoms. The maximum absolute atomic E-state index is 4.49. The highest BCUT2D eigenvalue weighted by Crippen LogP contribution is 2.27. The number of aryl methyl sites for hydroxylation is 4. The molecule has 0 aromatic carbocycles. The van der Waals surface area contributed by atoms with Gasteiger partial charge in [0.05, 0.1) is 28.1 Å². The molecular formula is C13H18N4S. The lowest BCUT2D eigenvalue weighted by Gasteiger charge is -2.15. The molecule has 0 aliphatic rings. The van der Waals surface area contributed by atoms with E-state index in [2.05, 4.69) is 27.2 Å². The Balaban J connectivity index is 2.23. The molecule has 0 aliphatic heterocycles. The maximum atomic E-state index is 4.49. The van der Waals surface area contributed by atoms with Crippen molar-refractivity contribution in [3.05, 3.63) is 33.2 Å². The molecule has 2 heterocycles. The van der Waals surface area contributed by atoms with Gasteiger partial charge in [0, 0.05) is 11.1 Å². The monoisotopic (exact) mass is 262 g/mol. The van der Waals surface area contributed by atoms with Crippen LogP contribution in [-0.2, 0) is 0 Å². The highest BCUT2D eigenvalue weighted by Gasteiger charge is 2.14. The molecule has 0 saturated heterocycles. The Morgan fingerprint density at radius 2 is 1.83 bits per heavy atom. The SMILES string of the molecule is Cc1cnc(C)c(NC(C)c2sc(C)nc2C)n1. The minimum atomic E-state index is 0.200. The van der Waals surface area contributed by atoms with Crippen LogP contribution in [0.4, 0.5) is 5.82 Å². The molecule has 4 nitrogen and oxygen atoms in total. The summed E-state index contributed by atoms with van der Waals surface area (Å²) in [6.07, 6.45) is 1.78. The second kappa shape index (κ2) is 5.02. The summed E-state index contributed by atoms with van der Waals surface area (Å²) < 4.78 is 0. The normalized spacial score (nSPS) is 12.5. The highest BCUT2D eigenvalue weighted by molar-refractivity contribution is 7.11. The summed E-state index contributed by atoms with van der Waals surface area (Å²) in [5, 5.41) is 4.52. The van der Waals surface area contributed by atoms with Gasteiger partial charge in [-0.3, -0.25) is 4.98 Å². The van der Waals surface area contributed by atoms with E-state index >= 15 is 0 Å². The van der Waals surface area contributed by atoms with Crippen LogP contribution in [0.25, 0.3) is 0 Å². The van der Waals surface area contributed by atoms with E-state index in [1.807, 2.05) is 27.7 Å². The second-order valence-electron chi connectivity index (χ2n) is 4.49. The zero-order valence-corrected chi connectivity index (χ0v) is 12.2. The zero-order valence-electron chi connectivity index (χ0n) is 11.4. The molecule has 0 radical (unpaired) electrons. The summed E-state index contributed by atoms with van der Waals surface area (Å²) in [4.78, 5) is 14.5. The molecule has 0 saturated carbocycles. The standard InChI is InChI=1S/C13H18N4S/c1-7-6-14-10(4)13(15-7)17-9(3)12-8(2)16-11(5)18-12/h6,9H,1-5H3,(H,15,17). The Kier molecular flexibility index (Phi) is 3.61. The Morgan fingerprint density at radius 1 is 1.11 bits per heavy atom. The topological polar surface area (TPSA) is 50.7 Å². The summed E-state index contributed by atoms with van der Waals surface area (Å²) >= 11 is 1.73. The minimum absolute atomic E-state index is 0.200. The van der Waals surface area contributed by atoms with Crippen LogP contribution in [0, 0.1) is 27.7 Å². The van der Waals surface area contributed by atoms with Gasteiger partial charge in [-0.2, -0.15) is 0 Å². The summed E-state index contributed by atoms with van der Waals surface area (Å²) in [7, 11) is 0. The van der Waals surface area contributed by atoms with Crippen molar-refractivity contribution in [3.8, 4) is 0 Å². The number of hydrogen-bond acceptors (Lipinski definition) is 5. The Labute approximate surface area is 112 Å². The molecule has 5 heteroatoms. The molecule has 1 unspecified atom stereocenters. The van der Waals surface area contributed by atoms with E-state index in [0.717, 1.165) is 27.9 Å². The van der Waals surface area contributed by atoms with Crippen LogP contribution in [0.15, 0.2) is 6.20 Å². The first-order chi connectivity index (χ1) is 8.47. The van der Waals surface area contributed by atoms with Gasteiger partial charge in [-0.15, -0.1) is 11.3 Å². The van der Waals surface area contributed by atoms with Crippen LogP contribution < -0.4 is 5.32 Å². The van der Waals surface area contributed by atoms with Gasteiger partial charge in [-0.05, 0) is 34.6 Å². The lowest BCUT2D eigenvalue weighted by molar-refractivity contribution is 0.867. The quantitative estimate of drug-likeness (QED) is 0.921. The average Bonchev–Trinajstić information content (AvgIpc) is 2.63. The van der Waals surface area contributed by atoms with Crippen molar-refractivity contribution in [2.75, 3.05) is 5.32 Å². The number of aromatic nitrogens is 3. The van der Waals surface area contributed by atoms with Gasteiger partial charge >= 0.3 is 0 Å². The van der Waals surface area contributed by atoms with Crippen LogP contribution in [0.5, 0.6) is 0 Å². The molecular weight excluding hydrogens is 244 g/mol. The van der Waals surface area contributed by atoms with E-state index in [1.165, 1.54) is 4.88 Å². The van der Waals surface area contributed by atoms with Crippen molar-refractivity contribution in [1.82, 2.24) is 15.0 Å². The number of rotatable bonds is 3. The molecule has 2 rings (SSSR count). The third kappa shape index (κ3) is 2.67. The minimum Gasteiger partial charge on any atom is -0.361 e. The van der Waals surface area contributed by atoms with E-state index in [4.69, 9.17) is 0 Å². The van der Waals surface area contributed by atoms with E-state index < -0.39 is 0 Å². The van der Waals surface area contributed by atoms with E-state index in [-0.39, 0.29) is 6.04 Å². The Bertz CT molecular complexity index is 562. The van der Waals surface area contributed by atoms with Crippen molar-refractivity contribution < 1.29 is 0 Å². The lowest BCUT2D eigenvalue weighted by atomic mass is 10.2. The molecule has 0 bridgehead atoms. The van der Waals surface area contributed by atoms with Gasteiger partial charge in [-0.25, -0.2) is 9.97 Å². The van der Waals surface area contributed by atoms with Gasteiger partial charge in [0.1, 0.15) is 5.82 Å². The highest BCUT2D eigenvalue weighted by atomic mass is 32.1. The fraction of sp³-hybridized carbons (Fsp3) is 0.462. The fourth-order valence-electron chi connectivity index (χ4n) is 1.89. The molecule has 18 heavy (non-hydrogen) atoms. The first-order valence-electron chi connectivity index (χ1n) is 5.98. The van der Waals surface area contributed by atoms with E-state index in [0.29, 0.717) is 0 Å². The van der Waals surface area contributed by atoms with Crippen LogP contribution in [-0.4, -0.2) is 15.0 Å². The van der Waals surface area contributed by atoms with Gasteiger partial charge in [0.15, 0.2) is 0 Å². The predicted octanol–water partition coefficient (Wildman–Crippen LogP) is 3.34. The average molecular weight is 262 g/mol. The third-order valence-electron chi connectivity index (χ3n) is 2.76. The maximum Gasteiger partial charge on any atom is 0.148 e. The summed E-state index contributed by atoms with van der Waals surface area (Å²) in [5.41, 5.74) is 2.94. The molecule has 1 atom stereocenters. The molecule has 2 aromatic heterocycles. The van der Waals surface area contributed by atoms with Crippen molar-refractivity contribution in [2.24, 2.45) is 0 Å². The number of thiazole rings is 1. The van der Waals surface area contributed by atoms with Gasteiger partial charge in [0.25, 0.3) is 0 Å². The zero-order chi connectivity index (χ0) is 13.3. The largest absolute Gasteiger partial charge is 0.361 e. The Morgan fingerprint density at radius 3 is 2.44 bits per heavy atom. The lowest BCUT2D eigenvalue weighted by Crippen LogP contribution is -2.10. The van der Waals surface area contributed by atoms with Crippen LogP contribution >= 0.6 is 11.3 Å². The van der Waals surface area contributed by atoms with Crippen LogP contribution in [0.2, 0.25) is 0 Å². The summed E-state index contributed by atoms with van der Waals surface area (Å²) in [6, 6.07) is 0.200. The Hall–Kier alpha value is -1.49. The van der Waals surface area contributed by atoms with Crippen LogP contribution in [0.3, 0.4) is 0 Å². The molecule has 0 aliphatic carbocycles. The molecule has 0 amide bonds. The molecule has 1 N–H and O–H groups in total. The first-order valence-corrected chi connectivity index (χ1v) is 6.79. The van der Waals surface area contributed by atoms with Gasteiger partial charge in [0.2, 0.25) is 0 Å². The summed E-state index contributed by atoms with van der Waals surface area (Å²) in [5.74, 6) is 0.855. The van der Waals surface area contributed by atoms with Gasteiger partial charge in [-0.1, -0.05) is 0 Å². The number of hydrogen-bond donors (Lipinski definition) is 1. The third-order valence-corrected chi connectivity index (χ3v) is 4.02. The number of anilines is 1. The fourth-order valence-corrected chi connectivity index (χ4v) is 2.82. The first kappa shape index (κ1) is 13.0. The smallest absolute Gasteiger partial charge is 0.148 e. The van der Waals surface area contributed by atoms with E-state index in [1.54, 1.807) is 17.5 Å². The number of nitrogens with zero attached hydrogens (tertiary/aromatic N) is 3. The van der Waals surface area contributed by atoms with Crippen molar-refractivity contribution >= 4 is 17.2 Å².